The Morgan fingerprint density at radius 3 is 2.82 bits per heavy atom. The molecule has 1 aromatic heterocycles. The Labute approximate surface area is 162 Å². The molecule has 2 heterocycles. The molecule has 0 spiro atoms. The first-order valence-corrected chi connectivity index (χ1v) is 9.14. The number of nitrogens with zero attached hydrogens (tertiary/aromatic N) is 2. The number of hydrogen-bond donors (Lipinski definition) is 3. The lowest BCUT2D eigenvalue weighted by atomic mass is 10.3. The maximum Gasteiger partial charge on any atom is 0.435 e. The molecule has 11 heteroatoms. The summed E-state index contributed by atoms with van der Waals surface area (Å²) in [5, 5.41) is 21.2. The topological polar surface area (TPSA) is 88.4 Å². The average molecular weight is 414 g/mol. The number of thioether (sulfide) groups is 1. The zero-order chi connectivity index (χ0) is 20.3. The first-order valence-electron chi connectivity index (χ1n) is 8.20. The van der Waals surface area contributed by atoms with Gasteiger partial charge in [0.15, 0.2) is 12.3 Å². The van der Waals surface area contributed by atoms with Crippen LogP contribution in [0.5, 0.6) is 11.6 Å². The number of phenolic OH excluding ortho intramolecular Hbond substituents is 1. The second-order valence-corrected chi connectivity index (χ2v) is 7.11. The van der Waals surface area contributed by atoms with E-state index in [1.54, 1.807) is 11.8 Å². The SMILES string of the molecule is CC1NC(CNC(=O)COc2cc(C(F)(F)F)nn2-c2ccccc2O)=CS1. The molecule has 2 aromatic rings. The van der Waals surface area contributed by atoms with Gasteiger partial charge in [0.1, 0.15) is 11.4 Å². The van der Waals surface area contributed by atoms with Gasteiger partial charge in [-0.05, 0) is 24.5 Å². The molecule has 0 bridgehead atoms. The van der Waals surface area contributed by atoms with E-state index in [9.17, 15) is 23.1 Å². The van der Waals surface area contributed by atoms with Crippen LogP contribution < -0.4 is 15.4 Å². The number of para-hydroxylation sites is 2. The van der Waals surface area contributed by atoms with Crippen molar-refractivity contribution in [2.24, 2.45) is 0 Å². The zero-order valence-corrected chi connectivity index (χ0v) is 15.5. The van der Waals surface area contributed by atoms with Crippen LogP contribution in [0.3, 0.4) is 0 Å². The number of benzene rings is 1. The smallest absolute Gasteiger partial charge is 0.435 e. The number of ether oxygens (including phenoxy) is 1. The van der Waals surface area contributed by atoms with Crippen LogP contribution in [-0.2, 0) is 11.0 Å². The van der Waals surface area contributed by atoms with Gasteiger partial charge in [0.25, 0.3) is 5.91 Å². The largest absolute Gasteiger partial charge is 0.506 e. The van der Waals surface area contributed by atoms with E-state index >= 15 is 0 Å². The Kier molecular flexibility index (Phi) is 5.73. The Morgan fingerprint density at radius 2 is 2.18 bits per heavy atom. The molecule has 0 radical (unpaired) electrons. The summed E-state index contributed by atoms with van der Waals surface area (Å²) in [5.41, 5.74) is -0.360. The molecule has 0 saturated heterocycles. The number of aromatic hydroxyl groups is 1. The highest BCUT2D eigenvalue weighted by Gasteiger charge is 2.36. The van der Waals surface area contributed by atoms with Gasteiger partial charge in [-0.3, -0.25) is 4.79 Å². The minimum Gasteiger partial charge on any atom is -0.506 e. The molecule has 3 N–H and O–H groups in total. The van der Waals surface area contributed by atoms with Crippen LogP contribution in [0.2, 0.25) is 0 Å². The predicted molar refractivity (Wildman–Crippen MR) is 97.0 cm³/mol. The fourth-order valence-electron chi connectivity index (χ4n) is 2.41. The van der Waals surface area contributed by atoms with E-state index in [1.807, 2.05) is 12.3 Å². The van der Waals surface area contributed by atoms with E-state index < -0.39 is 24.4 Å². The Morgan fingerprint density at radius 1 is 1.43 bits per heavy atom. The number of halogens is 3. The number of phenols is 1. The van der Waals surface area contributed by atoms with Gasteiger partial charge in [-0.1, -0.05) is 12.1 Å². The highest BCUT2D eigenvalue weighted by atomic mass is 32.2. The Balaban J connectivity index is 1.71. The summed E-state index contributed by atoms with van der Waals surface area (Å²) in [6.45, 7) is 1.72. The highest BCUT2D eigenvalue weighted by Crippen LogP contribution is 2.33. The third kappa shape index (κ3) is 4.71. The van der Waals surface area contributed by atoms with Crippen molar-refractivity contribution in [3.63, 3.8) is 0 Å². The molecule has 7 nitrogen and oxygen atoms in total. The molecule has 0 saturated carbocycles. The van der Waals surface area contributed by atoms with Gasteiger partial charge >= 0.3 is 6.18 Å². The molecule has 1 aliphatic rings. The van der Waals surface area contributed by atoms with Crippen LogP contribution >= 0.6 is 11.8 Å². The average Bonchev–Trinajstić information content (AvgIpc) is 3.24. The van der Waals surface area contributed by atoms with E-state index in [2.05, 4.69) is 15.7 Å². The normalized spacial score (nSPS) is 16.4. The molecule has 150 valence electrons. The summed E-state index contributed by atoms with van der Waals surface area (Å²) in [6.07, 6.45) is -4.70. The lowest BCUT2D eigenvalue weighted by molar-refractivity contribution is -0.141. The number of amides is 1. The first-order chi connectivity index (χ1) is 13.2. The maximum absolute atomic E-state index is 13.0. The quantitative estimate of drug-likeness (QED) is 0.674. The summed E-state index contributed by atoms with van der Waals surface area (Å²) in [7, 11) is 0. The summed E-state index contributed by atoms with van der Waals surface area (Å²) >= 11 is 1.58. The molecule has 1 unspecified atom stereocenters. The van der Waals surface area contributed by atoms with Crippen LogP contribution in [0.15, 0.2) is 41.4 Å². The lowest BCUT2D eigenvalue weighted by Crippen LogP contribution is -2.33. The molecule has 0 aliphatic carbocycles. The van der Waals surface area contributed by atoms with Gasteiger partial charge in [-0.25, -0.2) is 0 Å². The number of nitrogens with one attached hydrogen (secondary N) is 2. The standard InChI is InChI=1S/C17H17F3N4O3S/c1-10-22-11(9-28-10)7-21-15(26)8-27-16-6-14(17(18,19)20)23-24(16)12-4-2-3-5-13(12)25/h2-6,9-10,22,25H,7-8H2,1H3,(H,21,26). The van der Waals surface area contributed by atoms with Crippen molar-refractivity contribution in [3.05, 3.63) is 47.1 Å². The molecule has 1 atom stereocenters. The minimum atomic E-state index is -4.70. The number of alkyl halides is 3. The second kappa shape index (κ2) is 8.05. The van der Waals surface area contributed by atoms with Crippen molar-refractivity contribution in [3.8, 4) is 17.3 Å². The fraction of sp³-hybridized carbons (Fsp3) is 0.294. The molecule has 0 fully saturated rings. The summed E-state index contributed by atoms with van der Waals surface area (Å²) in [6, 6.07) is 6.42. The van der Waals surface area contributed by atoms with Crippen molar-refractivity contribution < 1.29 is 27.8 Å². The van der Waals surface area contributed by atoms with E-state index in [0.717, 1.165) is 10.4 Å². The zero-order valence-electron chi connectivity index (χ0n) is 14.7. The minimum absolute atomic E-state index is 0.000248. The van der Waals surface area contributed by atoms with Crippen molar-refractivity contribution in [1.29, 1.82) is 0 Å². The monoisotopic (exact) mass is 414 g/mol. The molecular formula is C17H17F3N4O3S. The summed E-state index contributed by atoms with van der Waals surface area (Å²) in [5.74, 6) is -1.10. The van der Waals surface area contributed by atoms with Gasteiger partial charge in [-0.15, -0.1) is 11.8 Å². The number of hydrogen-bond acceptors (Lipinski definition) is 6. The van der Waals surface area contributed by atoms with Crippen molar-refractivity contribution in [2.75, 3.05) is 13.2 Å². The van der Waals surface area contributed by atoms with Gasteiger partial charge in [-0.2, -0.15) is 23.0 Å². The van der Waals surface area contributed by atoms with E-state index in [4.69, 9.17) is 4.74 Å². The van der Waals surface area contributed by atoms with Crippen LogP contribution in [-0.4, -0.2) is 39.3 Å². The third-order valence-corrected chi connectivity index (χ3v) is 4.65. The van der Waals surface area contributed by atoms with Crippen molar-refractivity contribution in [2.45, 2.75) is 18.5 Å². The molecule has 1 amide bonds. The molecular weight excluding hydrogens is 397 g/mol. The molecule has 28 heavy (non-hydrogen) atoms. The van der Waals surface area contributed by atoms with Gasteiger partial charge in [0.2, 0.25) is 5.88 Å². The number of aromatic nitrogens is 2. The molecule has 1 aromatic carbocycles. The Hall–Kier alpha value is -2.82. The lowest BCUT2D eigenvalue weighted by Gasteiger charge is -2.11. The second-order valence-electron chi connectivity index (χ2n) is 5.90. The van der Waals surface area contributed by atoms with Crippen LogP contribution in [0.1, 0.15) is 12.6 Å². The fourth-order valence-corrected chi connectivity index (χ4v) is 3.15. The number of carbonyl (C=O) groups is 1. The van der Waals surface area contributed by atoms with Gasteiger partial charge in [0, 0.05) is 11.8 Å². The maximum atomic E-state index is 13.0. The molecule has 3 rings (SSSR count). The predicted octanol–water partition coefficient (Wildman–Crippen LogP) is 2.62. The van der Waals surface area contributed by atoms with Crippen LogP contribution in [0.4, 0.5) is 13.2 Å². The first kappa shape index (κ1) is 19.9. The highest BCUT2D eigenvalue weighted by molar-refractivity contribution is 8.02. The van der Waals surface area contributed by atoms with E-state index in [-0.39, 0.29) is 29.2 Å². The molecule has 1 aliphatic heterocycles. The third-order valence-electron chi connectivity index (χ3n) is 3.71. The van der Waals surface area contributed by atoms with E-state index in [1.165, 1.54) is 24.3 Å². The van der Waals surface area contributed by atoms with Crippen LogP contribution in [0, 0.1) is 0 Å². The number of rotatable bonds is 6. The van der Waals surface area contributed by atoms with Crippen molar-refractivity contribution >= 4 is 17.7 Å². The number of carbonyl (C=O) groups excluding carboxylic acids is 1. The van der Waals surface area contributed by atoms with Gasteiger partial charge in [0.05, 0.1) is 11.9 Å². The summed E-state index contributed by atoms with van der Waals surface area (Å²) in [4.78, 5) is 12.0. The van der Waals surface area contributed by atoms with E-state index in [0.29, 0.717) is 6.07 Å². The Bertz CT molecular complexity index is 898. The summed E-state index contributed by atoms with van der Waals surface area (Å²) < 4.78 is 45.2. The van der Waals surface area contributed by atoms with Crippen molar-refractivity contribution in [1.82, 2.24) is 20.4 Å². The van der Waals surface area contributed by atoms with Gasteiger partial charge < -0.3 is 20.5 Å². The van der Waals surface area contributed by atoms with Crippen LogP contribution in [0.25, 0.3) is 5.69 Å².